The number of rotatable bonds is 6. The number of hydrogen-bond donors (Lipinski definition) is 0. The third kappa shape index (κ3) is 4.00. The average Bonchev–Trinajstić information content (AvgIpc) is 3.04. The van der Waals surface area contributed by atoms with Crippen LogP contribution in [0.25, 0.3) is 0 Å². The topological polar surface area (TPSA) is 29.5 Å². The van der Waals surface area contributed by atoms with Crippen molar-refractivity contribution < 1.29 is 9.53 Å². The molecule has 128 valence electrons. The second-order valence-electron chi connectivity index (χ2n) is 5.97. The van der Waals surface area contributed by atoms with E-state index in [1.807, 2.05) is 36.5 Å². The monoisotopic (exact) mass is 363 g/mol. The number of hydrogen-bond acceptors (Lipinski definition) is 4. The minimum absolute atomic E-state index is 0.135. The van der Waals surface area contributed by atoms with Gasteiger partial charge in [0.2, 0.25) is 0 Å². The molecule has 0 saturated heterocycles. The first-order valence-electron chi connectivity index (χ1n) is 8.38. The molecule has 2 aromatic rings. The van der Waals surface area contributed by atoms with Crippen LogP contribution in [0.15, 0.2) is 35.7 Å². The predicted octanol–water partition coefficient (Wildman–Crippen LogP) is 4.84. The number of carbonyl (C=O) groups excluding carboxylic acids is 1. The number of fused-ring (bicyclic) bond motifs is 1. The largest absolute Gasteiger partial charge is 0.466 e. The van der Waals surface area contributed by atoms with Gasteiger partial charge in [-0.3, -0.25) is 9.69 Å². The number of ether oxygens (including phenoxy) is 1. The van der Waals surface area contributed by atoms with Gasteiger partial charge >= 0.3 is 5.97 Å². The summed E-state index contributed by atoms with van der Waals surface area (Å²) in [6.45, 7) is 4.17. The van der Waals surface area contributed by atoms with Crippen LogP contribution in [0.4, 0.5) is 0 Å². The molecule has 0 amide bonds. The van der Waals surface area contributed by atoms with Gasteiger partial charge in [0.1, 0.15) is 0 Å². The highest BCUT2D eigenvalue weighted by Gasteiger charge is 2.27. The fourth-order valence-electron chi connectivity index (χ4n) is 3.30. The van der Waals surface area contributed by atoms with Crippen molar-refractivity contribution in [1.29, 1.82) is 0 Å². The predicted molar refractivity (Wildman–Crippen MR) is 98.5 cm³/mol. The first-order chi connectivity index (χ1) is 11.7. The van der Waals surface area contributed by atoms with Crippen LogP contribution < -0.4 is 0 Å². The van der Waals surface area contributed by atoms with Crippen molar-refractivity contribution in [3.8, 4) is 0 Å². The first kappa shape index (κ1) is 17.5. The van der Waals surface area contributed by atoms with Crippen LogP contribution in [0, 0.1) is 0 Å². The van der Waals surface area contributed by atoms with Crippen molar-refractivity contribution in [3.05, 3.63) is 56.7 Å². The molecule has 0 N–H and O–H groups in total. The molecule has 0 spiro atoms. The maximum Gasteiger partial charge on any atom is 0.305 e. The average molecular weight is 364 g/mol. The van der Waals surface area contributed by atoms with Gasteiger partial charge in [0.25, 0.3) is 0 Å². The Morgan fingerprint density at radius 1 is 1.38 bits per heavy atom. The number of thiophene rings is 1. The van der Waals surface area contributed by atoms with Gasteiger partial charge in [0, 0.05) is 35.5 Å². The Kier molecular flexibility index (Phi) is 5.93. The van der Waals surface area contributed by atoms with E-state index < -0.39 is 0 Å². The summed E-state index contributed by atoms with van der Waals surface area (Å²) in [6, 6.07) is 10.3. The van der Waals surface area contributed by atoms with Gasteiger partial charge in [-0.05, 0) is 48.4 Å². The molecule has 1 atom stereocenters. The van der Waals surface area contributed by atoms with E-state index in [0.29, 0.717) is 13.0 Å². The molecule has 1 aromatic heterocycles. The van der Waals surface area contributed by atoms with E-state index in [4.69, 9.17) is 16.3 Å². The molecule has 1 aliphatic rings. The molecular formula is C19H22ClNO2S. The van der Waals surface area contributed by atoms with E-state index in [0.717, 1.165) is 36.5 Å². The number of carbonyl (C=O) groups is 1. The van der Waals surface area contributed by atoms with Crippen molar-refractivity contribution in [2.24, 2.45) is 0 Å². The van der Waals surface area contributed by atoms with Gasteiger partial charge in [-0.1, -0.05) is 29.8 Å². The standard InChI is InChI=1S/C19H22ClNO2S/c1-2-23-19(22)8-7-17(15-5-3-4-6-16(15)20)21-11-9-18-14(13-21)10-12-24-18/h3-6,10,12,17H,2,7-9,11,13H2,1H3. The second kappa shape index (κ2) is 8.15. The third-order valence-corrected chi connectivity index (χ3v) is 5.84. The highest BCUT2D eigenvalue weighted by Crippen LogP contribution is 2.35. The molecule has 2 heterocycles. The summed E-state index contributed by atoms with van der Waals surface area (Å²) in [6.07, 6.45) is 2.20. The van der Waals surface area contributed by atoms with Crippen LogP contribution >= 0.6 is 22.9 Å². The summed E-state index contributed by atoms with van der Waals surface area (Å²) < 4.78 is 5.10. The summed E-state index contributed by atoms with van der Waals surface area (Å²) in [5.41, 5.74) is 2.50. The quantitative estimate of drug-likeness (QED) is 0.687. The molecule has 1 aliphatic heterocycles. The molecule has 0 aliphatic carbocycles. The van der Waals surface area contributed by atoms with Crippen molar-refractivity contribution in [2.45, 2.75) is 38.8 Å². The van der Waals surface area contributed by atoms with E-state index in [9.17, 15) is 4.79 Å². The van der Waals surface area contributed by atoms with Crippen molar-refractivity contribution >= 4 is 28.9 Å². The zero-order chi connectivity index (χ0) is 16.9. The Morgan fingerprint density at radius 2 is 2.21 bits per heavy atom. The fraction of sp³-hybridized carbons (Fsp3) is 0.421. The Morgan fingerprint density at radius 3 is 3.00 bits per heavy atom. The number of benzene rings is 1. The SMILES string of the molecule is CCOC(=O)CCC(c1ccccc1Cl)N1CCc2sccc2C1. The van der Waals surface area contributed by atoms with Gasteiger partial charge in [-0.15, -0.1) is 11.3 Å². The van der Waals surface area contributed by atoms with Gasteiger partial charge in [0.15, 0.2) is 0 Å². The van der Waals surface area contributed by atoms with Crippen LogP contribution in [-0.2, 0) is 22.5 Å². The van der Waals surface area contributed by atoms with Gasteiger partial charge < -0.3 is 4.74 Å². The molecule has 3 nitrogen and oxygen atoms in total. The maximum atomic E-state index is 11.8. The van der Waals surface area contributed by atoms with Gasteiger partial charge in [0.05, 0.1) is 6.61 Å². The summed E-state index contributed by atoms with van der Waals surface area (Å²) in [4.78, 5) is 15.8. The first-order valence-corrected chi connectivity index (χ1v) is 9.64. The number of esters is 1. The van der Waals surface area contributed by atoms with Crippen LogP contribution in [0.2, 0.25) is 5.02 Å². The summed E-state index contributed by atoms with van der Waals surface area (Å²) >= 11 is 8.29. The lowest BCUT2D eigenvalue weighted by molar-refractivity contribution is -0.143. The van der Waals surface area contributed by atoms with E-state index >= 15 is 0 Å². The summed E-state index contributed by atoms with van der Waals surface area (Å²) in [7, 11) is 0. The lowest BCUT2D eigenvalue weighted by atomic mass is 9.97. The van der Waals surface area contributed by atoms with Crippen molar-refractivity contribution in [1.82, 2.24) is 4.90 Å². The normalized spacial score (nSPS) is 15.8. The smallest absolute Gasteiger partial charge is 0.305 e. The molecular weight excluding hydrogens is 342 g/mol. The lowest BCUT2D eigenvalue weighted by Gasteiger charge is -2.35. The van der Waals surface area contributed by atoms with Gasteiger partial charge in [-0.25, -0.2) is 0 Å². The number of halogens is 1. The highest BCUT2D eigenvalue weighted by atomic mass is 35.5. The molecule has 0 fully saturated rings. The van der Waals surface area contributed by atoms with E-state index in [1.54, 1.807) is 0 Å². The maximum absolute atomic E-state index is 11.8. The highest BCUT2D eigenvalue weighted by molar-refractivity contribution is 7.10. The Hall–Kier alpha value is -1.36. The van der Waals surface area contributed by atoms with Gasteiger partial charge in [-0.2, -0.15) is 0 Å². The number of nitrogens with zero attached hydrogens (tertiary/aromatic N) is 1. The second-order valence-corrected chi connectivity index (χ2v) is 7.38. The zero-order valence-electron chi connectivity index (χ0n) is 13.8. The Labute approximate surface area is 152 Å². The summed E-state index contributed by atoms with van der Waals surface area (Å²) in [5.74, 6) is -0.136. The molecule has 0 bridgehead atoms. The van der Waals surface area contributed by atoms with Crippen LogP contribution in [0.5, 0.6) is 0 Å². The zero-order valence-corrected chi connectivity index (χ0v) is 15.4. The molecule has 24 heavy (non-hydrogen) atoms. The van der Waals surface area contributed by atoms with Crippen molar-refractivity contribution in [3.63, 3.8) is 0 Å². The van der Waals surface area contributed by atoms with Crippen LogP contribution in [0.1, 0.15) is 41.8 Å². The summed E-state index contributed by atoms with van der Waals surface area (Å²) in [5, 5.41) is 2.93. The third-order valence-electron chi connectivity index (χ3n) is 4.47. The van der Waals surface area contributed by atoms with Crippen LogP contribution in [-0.4, -0.2) is 24.0 Å². The molecule has 0 saturated carbocycles. The molecule has 1 unspecified atom stereocenters. The van der Waals surface area contributed by atoms with E-state index in [1.165, 1.54) is 10.4 Å². The molecule has 0 radical (unpaired) electrons. The minimum atomic E-state index is -0.136. The Bertz CT molecular complexity index is 700. The van der Waals surface area contributed by atoms with E-state index in [-0.39, 0.29) is 12.0 Å². The molecule has 1 aromatic carbocycles. The minimum Gasteiger partial charge on any atom is -0.466 e. The fourth-order valence-corrected chi connectivity index (χ4v) is 4.46. The Balaban J connectivity index is 1.80. The van der Waals surface area contributed by atoms with Crippen molar-refractivity contribution in [2.75, 3.05) is 13.2 Å². The lowest BCUT2D eigenvalue weighted by Crippen LogP contribution is -2.34. The molecule has 5 heteroatoms. The molecule has 3 rings (SSSR count). The van der Waals surface area contributed by atoms with E-state index in [2.05, 4.69) is 22.4 Å². The van der Waals surface area contributed by atoms with Crippen LogP contribution in [0.3, 0.4) is 0 Å².